The van der Waals surface area contributed by atoms with E-state index in [0.717, 1.165) is 18.3 Å². The summed E-state index contributed by atoms with van der Waals surface area (Å²) in [5, 5.41) is 9.52. The van der Waals surface area contributed by atoms with Crippen LogP contribution in [0.4, 0.5) is 0 Å². The van der Waals surface area contributed by atoms with E-state index in [0.29, 0.717) is 6.61 Å². The van der Waals surface area contributed by atoms with Crippen LogP contribution in [-0.4, -0.2) is 18.7 Å². The Morgan fingerprint density at radius 3 is 2.62 bits per heavy atom. The molecule has 0 radical (unpaired) electrons. The van der Waals surface area contributed by atoms with Crippen molar-refractivity contribution in [2.24, 2.45) is 0 Å². The van der Waals surface area contributed by atoms with Crippen LogP contribution in [0, 0.1) is 0 Å². The van der Waals surface area contributed by atoms with Gasteiger partial charge in [-0.1, -0.05) is 43.7 Å². The Morgan fingerprint density at radius 1 is 1.31 bits per heavy atom. The van der Waals surface area contributed by atoms with Gasteiger partial charge in [-0.3, -0.25) is 0 Å². The van der Waals surface area contributed by atoms with Gasteiger partial charge < -0.3 is 9.68 Å². The number of hydrogen-bond acceptors (Lipinski definition) is 2. The fraction of sp³-hybridized carbons (Fsp3) is 0.400. The summed E-state index contributed by atoms with van der Waals surface area (Å²) in [6.07, 6.45) is 2.07. The highest BCUT2D eigenvalue weighted by Crippen LogP contribution is 1.91. The molecule has 0 saturated carbocycles. The fourth-order valence-corrected chi connectivity index (χ4v) is 1.05. The average Bonchev–Trinajstić information content (AvgIpc) is 2.19. The van der Waals surface area contributed by atoms with E-state index in [4.69, 9.17) is 4.65 Å². The van der Waals surface area contributed by atoms with Crippen molar-refractivity contribution in [3.05, 3.63) is 30.3 Å². The lowest BCUT2D eigenvalue weighted by atomic mass is 9.80. The predicted molar refractivity (Wildman–Crippen MR) is 54.9 cm³/mol. The minimum absolute atomic E-state index is 0.618. The van der Waals surface area contributed by atoms with Crippen molar-refractivity contribution in [1.82, 2.24) is 0 Å². The second kappa shape index (κ2) is 5.78. The van der Waals surface area contributed by atoms with Crippen molar-refractivity contribution < 1.29 is 9.68 Å². The first kappa shape index (κ1) is 10.3. The molecule has 0 heterocycles. The zero-order valence-electron chi connectivity index (χ0n) is 7.94. The molecule has 1 rings (SSSR count). The Balaban J connectivity index is 2.35. The molecule has 1 aromatic rings. The second-order valence-electron chi connectivity index (χ2n) is 2.99. The van der Waals surface area contributed by atoms with Crippen LogP contribution in [0.15, 0.2) is 30.3 Å². The molecular formula is C10H15BO2. The highest BCUT2D eigenvalue weighted by atomic mass is 16.5. The molecule has 0 spiro atoms. The summed E-state index contributed by atoms with van der Waals surface area (Å²) in [5.74, 6) is 0. The minimum atomic E-state index is -0.771. The summed E-state index contributed by atoms with van der Waals surface area (Å²) >= 11 is 0. The van der Waals surface area contributed by atoms with Gasteiger partial charge in [0.25, 0.3) is 0 Å². The quantitative estimate of drug-likeness (QED) is 0.542. The molecule has 0 saturated heterocycles. The normalized spacial score (nSPS) is 10.0. The SMILES string of the molecule is CCCCOB(O)c1ccccc1. The molecule has 13 heavy (non-hydrogen) atoms. The first-order valence-electron chi connectivity index (χ1n) is 4.69. The van der Waals surface area contributed by atoms with Crippen molar-refractivity contribution in [2.75, 3.05) is 6.61 Å². The molecule has 1 aromatic carbocycles. The largest absolute Gasteiger partial charge is 0.491 e. The van der Waals surface area contributed by atoms with Gasteiger partial charge in [-0.15, -0.1) is 0 Å². The van der Waals surface area contributed by atoms with Crippen molar-refractivity contribution in [2.45, 2.75) is 19.8 Å². The summed E-state index contributed by atoms with van der Waals surface area (Å²) in [6.45, 7) is 2.71. The maximum absolute atomic E-state index is 9.52. The van der Waals surface area contributed by atoms with Crippen molar-refractivity contribution in [3.63, 3.8) is 0 Å². The maximum Gasteiger partial charge on any atom is 0.491 e. The van der Waals surface area contributed by atoms with Gasteiger partial charge in [-0.25, -0.2) is 0 Å². The van der Waals surface area contributed by atoms with Gasteiger partial charge in [0.05, 0.1) is 0 Å². The van der Waals surface area contributed by atoms with Crippen LogP contribution in [0.25, 0.3) is 0 Å². The molecule has 2 nitrogen and oxygen atoms in total. The van der Waals surface area contributed by atoms with E-state index < -0.39 is 7.12 Å². The van der Waals surface area contributed by atoms with E-state index in [1.165, 1.54) is 0 Å². The van der Waals surface area contributed by atoms with E-state index >= 15 is 0 Å². The summed E-state index contributed by atoms with van der Waals surface area (Å²) in [4.78, 5) is 0. The lowest BCUT2D eigenvalue weighted by molar-refractivity contribution is 0.264. The van der Waals surface area contributed by atoms with E-state index in [9.17, 15) is 5.02 Å². The number of benzene rings is 1. The highest BCUT2D eigenvalue weighted by Gasteiger charge is 2.14. The smallest absolute Gasteiger partial charge is 0.423 e. The molecule has 0 aliphatic heterocycles. The van der Waals surface area contributed by atoms with Crippen LogP contribution < -0.4 is 5.46 Å². The van der Waals surface area contributed by atoms with Gasteiger partial charge in [0.2, 0.25) is 0 Å². The summed E-state index contributed by atoms with van der Waals surface area (Å²) < 4.78 is 5.22. The molecule has 0 fully saturated rings. The molecule has 0 aromatic heterocycles. The van der Waals surface area contributed by atoms with E-state index in [1.54, 1.807) is 0 Å². The Morgan fingerprint density at radius 2 is 2.00 bits per heavy atom. The van der Waals surface area contributed by atoms with Crippen LogP contribution in [0.5, 0.6) is 0 Å². The summed E-state index contributed by atoms with van der Waals surface area (Å²) in [6, 6.07) is 9.42. The van der Waals surface area contributed by atoms with E-state index in [1.807, 2.05) is 30.3 Å². The van der Waals surface area contributed by atoms with Gasteiger partial charge in [0.1, 0.15) is 0 Å². The lowest BCUT2D eigenvalue weighted by Crippen LogP contribution is -2.33. The van der Waals surface area contributed by atoms with E-state index in [2.05, 4.69) is 6.92 Å². The standard InChI is InChI=1S/C10H15BO2/c1-2-3-9-13-11(12)10-7-5-4-6-8-10/h4-8,12H,2-3,9H2,1H3. The highest BCUT2D eigenvalue weighted by molar-refractivity contribution is 6.59. The number of unbranched alkanes of at least 4 members (excludes halogenated alkanes) is 1. The molecule has 0 atom stereocenters. The van der Waals surface area contributed by atoms with Gasteiger partial charge in [0, 0.05) is 6.61 Å². The molecule has 1 N–H and O–H groups in total. The zero-order valence-corrected chi connectivity index (χ0v) is 7.94. The van der Waals surface area contributed by atoms with Crippen LogP contribution in [0.3, 0.4) is 0 Å². The molecule has 0 unspecified atom stereocenters. The van der Waals surface area contributed by atoms with Gasteiger partial charge in [-0.05, 0) is 11.9 Å². The molecule has 0 bridgehead atoms. The Kier molecular flexibility index (Phi) is 4.58. The first-order valence-corrected chi connectivity index (χ1v) is 4.69. The first-order chi connectivity index (χ1) is 6.34. The monoisotopic (exact) mass is 178 g/mol. The minimum Gasteiger partial charge on any atom is -0.423 e. The molecule has 0 aliphatic rings. The predicted octanol–water partition coefficient (Wildman–Crippen LogP) is 1.19. The third-order valence-corrected chi connectivity index (χ3v) is 1.86. The fourth-order valence-electron chi connectivity index (χ4n) is 1.05. The summed E-state index contributed by atoms with van der Waals surface area (Å²) in [7, 11) is -0.771. The second-order valence-corrected chi connectivity index (χ2v) is 2.99. The molecular weight excluding hydrogens is 163 g/mol. The van der Waals surface area contributed by atoms with Crippen LogP contribution >= 0.6 is 0 Å². The third-order valence-electron chi connectivity index (χ3n) is 1.86. The topological polar surface area (TPSA) is 29.5 Å². The molecule has 0 aliphatic carbocycles. The zero-order chi connectivity index (χ0) is 9.52. The third kappa shape index (κ3) is 3.62. The Bertz CT molecular complexity index is 226. The van der Waals surface area contributed by atoms with Crippen molar-refractivity contribution in [3.8, 4) is 0 Å². The Labute approximate surface area is 79.7 Å². The van der Waals surface area contributed by atoms with Gasteiger partial charge in [-0.2, -0.15) is 0 Å². The van der Waals surface area contributed by atoms with Crippen molar-refractivity contribution in [1.29, 1.82) is 0 Å². The van der Waals surface area contributed by atoms with Crippen molar-refractivity contribution >= 4 is 12.6 Å². The lowest BCUT2D eigenvalue weighted by Gasteiger charge is -2.06. The van der Waals surface area contributed by atoms with Gasteiger partial charge >= 0.3 is 7.12 Å². The number of rotatable bonds is 5. The molecule has 0 amide bonds. The summed E-state index contributed by atoms with van der Waals surface area (Å²) in [5.41, 5.74) is 0.818. The van der Waals surface area contributed by atoms with Crippen LogP contribution in [0.1, 0.15) is 19.8 Å². The number of hydrogen-bond donors (Lipinski definition) is 1. The van der Waals surface area contributed by atoms with Crippen LogP contribution in [0.2, 0.25) is 0 Å². The van der Waals surface area contributed by atoms with E-state index in [-0.39, 0.29) is 0 Å². The van der Waals surface area contributed by atoms with Crippen LogP contribution in [-0.2, 0) is 4.65 Å². The maximum atomic E-state index is 9.52. The molecule has 70 valence electrons. The molecule has 3 heteroatoms. The average molecular weight is 178 g/mol. The Hall–Kier alpha value is -0.795. The van der Waals surface area contributed by atoms with Gasteiger partial charge in [0.15, 0.2) is 0 Å².